The van der Waals surface area contributed by atoms with Crippen LogP contribution >= 0.6 is 23.5 Å². The van der Waals surface area contributed by atoms with Gasteiger partial charge in [-0.1, -0.05) is 0 Å². The van der Waals surface area contributed by atoms with Crippen LogP contribution < -0.4 is 51.4 Å². The molecule has 14 heteroatoms. The Bertz CT molecular complexity index is 283. The molecule has 0 unspecified atom stereocenters. The van der Waals surface area contributed by atoms with E-state index in [9.17, 15) is 13.7 Å². The van der Waals surface area contributed by atoms with Crippen LogP contribution in [-0.2, 0) is 22.3 Å². The molecule has 82 valence electrons. The van der Waals surface area contributed by atoms with Crippen LogP contribution in [0.5, 0.6) is 0 Å². The summed E-state index contributed by atoms with van der Waals surface area (Å²) in [6, 6.07) is 0. The minimum absolute atomic E-state index is 0. The molecule has 0 aliphatic heterocycles. The maximum absolute atomic E-state index is 10.4. The zero-order valence-corrected chi connectivity index (χ0v) is 12.4. The predicted octanol–water partition coefficient (Wildman–Crippen LogP) is -3.58. The first kappa shape index (κ1) is 18.4. The van der Waals surface area contributed by atoms with Crippen LogP contribution in [0.2, 0.25) is 0 Å². The average molecular weight is 298 g/mol. The quantitative estimate of drug-likeness (QED) is 0.258. The fourth-order valence-corrected chi connectivity index (χ4v) is 2.82. The summed E-state index contributed by atoms with van der Waals surface area (Å²) in [5.41, 5.74) is 0. The first-order chi connectivity index (χ1) is 5.41. The maximum Gasteiger partial charge on any atom is 1.00 e. The third-order valence-electron chi connectivity index (χ3n) is 0.419. The maximum atomic E-state index is 10.4. The third-order valence-corrected chi connectivity index (χ3v) is 3.77. The molecule has 0 amide bonds. The molecule has 0 aliphatic carbocycles. The first-order valence-corrected chi connectivity index (χ1v) is 6.83. The second-order valence-electron chi connectivity index (χ2n) is 1.61. The minimum Gasteiger partial charge on any atom is -1.00 e. The standard InChI is InChI=1S/K.H5O10P3.H/c;1-11(2,3)9-13(7,8)10-12(4,5)6;/h;(H,7,8)(H2,1,2,3)(H2,4,5,6);/q+1;;-1. The van der Waals surface area contributed by atoms with Gasteiger partial charge < -0.3 is 25.9 Å². The van der Waals surface area contributed by atoms with Crippen molar-refractivity contribution in [3.05, 3.63) is 0 Å². The summed E-state index contributed by atoms with van der Waals surface area (Å²) in [6.07, 6.45) is 0. The van der Waals surface area contributed by atoms with E-state index < -0.39 is 23.5 Å². The third kappa shape index (κ3) is 12.1. The zero-order chi connectivity index (χ0) is 10.9. The largest absolute Gasteiger partial charge is 1.00 e. The summed E-state index contributed by atoms with van der Waals surface area (Å²) in [5, 5.41) is 0. The van der Waals surface area contributed by atoms with Crippen LogP contribution in [0, 0.1) is 0 Å². The SMILES string of the molecule is O=P(O)(O)OP(=O)(O)OP(=O)(O)O.[H-].[K+]. The van der Waals surface area contributed by atoms with E-state index in [-0.39, 0.29) is 52.8 Å². The molecular weight excluding hydrogens is 292 g/mol. The molecule has 0 aromatic heterocycles. The van der Waals surface area contributed by atoms with Crippen LogP contribution in [0.4, 0.5) is 0 Å². The molecule has 10 nitrogen and oxygen atoms in total. The van der Waals surface area contributed by atoms with Gasteiger partial charge in [-0.25, -0.2) is 13.7 Å². The van der Waals surface area contributed by atoms with Gasteiger partial charge in [-0.3, -0.25) is 0 Å². The van der Waals surface area contributed by atoms with E-state index in [4.69, 9.17) is 24.5 Å². The van der Waals surface area contributed by atoms with Crippen molar-refractivity contribution in [2.45, 2.75) is 0 Å². The molecule has 14 heavy (non-hydrogen) atoms. The Labute approximate surface area is 122 Å². The van der Waals surface area contributed by atoms with Gasteiger partial charge in [0, 0.05) is 0 Å². The molecule has 0 spiro atoms. The van der Waals surface area contributed by atoms with E-state index in [2.05, 4.69) is 8.62 Å². The molecule has 0 fully saturated rings. The van der Waals surface area contributed by atoms with Gasteiger partial charge in [-0.15, -0.1) is 0 Å². The molecule has 0 saturated heterocycles. The molecule has 5 N–H and O–H groups in total. The first-order valence-electron chi connectivity index (χ1n) is 2.28. The average Bonchev–Trinajstić information content (AvgIpc) is 1.43. The van der Waals surface area contributed by atoms with Gasteiger partial charge in [0.05, 0.1) is 0 Å². The van der Waals surface area contributed by atoms with Crippen molar-refractivity contribution in [1.82, 2.24) is 0 Å². The van der Waals surface area contributed by atoms with E-state index in [1.165, 1.54) is 0 Å². The Kier molecular flexibility index (Phi) is 8.03. The van der Waals surface area contributed by atoms with Crippen molar-refractivity contribution in [2.24, 2.45) is 0 Å². The molecule has 0 aliphatic rings. The number of rotatable bonds is 4. The normalized spacial score (nSPS) is 13.5. The molecule has 0 atom stereocenters. The van der Waals surface area contributed by atoms with Crippen molar-refractivity contribution in [1.29, 1.82) is 0 Å². The van der Waals surface area contributed by atoms with E-state index in [1.54, 1.807) is 0 Å². The molecule has 0 aromatic rings. The molecule has 0 rings (SSSR count). The predicted molar refractivity (Wildman–Crippen MR) is 37.2 cm³/mol. The van der Waals surface area contributed by atoms with Crippen LogP contribution in [-0.4, -0.2) is 24.5 Å². The Morgan fingerprint density at radius 2 is 1.00 bits per heavy atom. The molecule has 0 heterocycles. The van der Waals surface area contributed by atoms with Crippen molar-refractivity contribution >= 4 is 23.5 Å². The van der Waals surface area contributed by atoms with Crippen LogP contribution in [0.3, 0.4) is 0 Å². The van der Waals surface area contributed by atoms with Crippen molar-refractivity contribution < 1.29 is 99.6 Å². The summed E-state index contributed by atoms with van der Waals surface area (Å²) in [6.45, 7) is 0. The van der Waals surface area contributed by atoms with Gasteiger partial charge >= 0.3 is 74.9 Å². The van der Waals surface area contributed by atoms with Crippen LogP contribution in [0.25, 0.3) is 0 Å². The minimum atomic E-state index is -5.46. The Balaban J connectivity index is -0.000000720. The monoisotopic (exact) mass is 298 g/mol. The fraction of sp³-hybridized carbons (Fsp3) is 0. The van der Waals surface area contributed by atoms with Gasteiger partial charge in [-0.05, 0) is 0 Å². The van der Waals surface area contributed by atoms with Crippen molar-refractivity contribution in [3.63, 3.8) is 0 Å². The van der Waals surface area contributed by atoms with E-state index in [0.29, 0.717) is 0 Å². The second kappa shape index (κ2) is 6.11. The summed E-state index contributed by atoms with van der Waals surface area (Å²) < 4.78 is 36.4. The Morgan fingerprint density at radius 1 is 0.786 bits per heavy atom. The van der Waals surface area contributed by atoms with Crippen LogP contribution in [0.15, 0.2) is 0 Å². The number of phosphoric acid groups is 3. The molecule has 0 aromatic carbocycles. The van der Waals surface area contributed by atoms with E-state index in [0.717, 1.165) is 0 Å². The van der Waals surface area contributed by atoms with Crippen molar-refractivity contribution in [2.75, 3.05) is 0 Å². The molecular formula is H6KO10P3. The summed E-state index contributed by atoms with van der Waals surface area (Å²) in [5.74, 6) is 0. The van der Waals surface area contributed by atoms with Gasteiger partial charge in [0.2, 0.25) is 0 Å². The van der Waals surface area contributed by atoms with Gasteiger partial charge in [0.25, 0.3) is 0 Å². The number of hydrogen-bond acceptors (Lipinski definition) is 5. The Morgan fingerprint density at radius 3 is 1.14 bits per heavy atom. The Hall–Kier alpha value is 2.05. The van der Waals surface area contributed by atoms with Gasteiger partial charge in [0.15, 0.2) is 0 Å². The summed E-state index contributed by atoms with van der Waals surface area (Å²) in [4.78, 5) is 40.2. The molecule has 0 saturated carbocycles. The molecule has 0 bridgehead atoms. The zero-order valence-electron chi connectivity index (χ0n) is 7.62. The van der Waals surface area contributed by atoms with E-state index in [1.807, 2.05) is 0 Å². The topological polar surface area (TPSA) is 171 Å². The van der Waals surface area contributed by atoms with Crippen LogP contribution in [0.1, 0.15) is 1.43 Å². The smallest absolute Gasteiger partial charge is 1.00 e. The molecule has 0 radical (unpaired) electrons. The fourth-order valence-electron chi connectivity index (χ4n) is 0.284. The number of hydrogen-bond donors (Lipinski definition) is 5. The van der Waals surface area contributed by atoms with Crippen molar-refractivity contribution in [3.8, 4) is 0 Å². The van der Waals surface area contributed by atoms with Gasteiger partial charge in [0.1, 0.15) is 0 Å². The van der Waals surface area contributed by atoms with Gasteiger partial charge in [-0.2, -0.15) is 8.62 Å². The summed E-state index contributed by atoms with van der Waals surface area (Å²) in [7, 11) is -16.2. The van der Waals surface area contributed by atoms with E-state index >= 15 is 0 Å². The summed E-state index contributed by atoms with van der Waals surface area (Å²) >= 11 is 0. The second-order valence-corrected chi connectivity index (χ2v) is 5.82.